The van der Waals surface area contributed by atoms with Gasteiger partial charge in [-0.15, -0.1) is 6.58 Å². The zero-order valence-electron chi connectivity index (χ0n) is 6.51. The van der Waals surface area contributed by atoms with Crippen LogP contribution < -0.4 is 11.3 Å². The van der Waals surface area contributed by atoms with Crippen LogP contribution in [0.5, 0.6) is 0 Å². The minimum absolute atomic E-state index is 0.338. The van der Waals surface area contributed by atoms with Gasteiger partial charge in [-0.1, -0.05) is 19.4 Å². The van der Waals surface area contributed by atoms with Crippen LogP contribution in [-0.2, 0) is 0 Å². The summed E-state index contributed by atoms with van der Waals surface area (Å²) in [5.74, 6) is 6.96. The lowest BCUT2D eigenvalue weighted by Gasteiger charge is -2.08. The van der Waals surface area contributed by atoms with Crippen LogP contribution in [0.25, 0.3) is 0 Å². The quantitative estimate of drug-likeness (QED) is 0.348. The van der Waals surface area contributed by atoms with E-state index in [0.29, 0.717) is 6.04 Å². The van der Waals surface area contributed by atoms with Crippen molar-refractivity contribution in [3.8, 4) is 0 Å². The van der Waals surface area contributed by atoms with Crippen LogP contribution in [0.2, 0.25) is 0 Å². The first kappa shape index (κ1) is 7.76. The van der Waals surface area contributed by atoms with E-state index >= 15 is 0 Å². The number of rotatable bonds is 4. The summed E-state index contributed by atoms with van der Waals surface area (Å²) in [7, 11) is 0. The summed E-state index contributed by atoms with van der Waals surface area (Å²) in [5.41, 5.74) is 2.76. The van der Waals surface area contributed by atoms with E-state index in [4.69, 9.17) is 5.84 Å². The molecular formula is C8H16N2. The highest BCUT2D eigenvalue weighted by molar-refractivity contribution is 5.00. The molecule has 0 aliphatic heterocycles. The van der Waals surface area contributed by atoms with Gasteiger partial charge in [0.05, 0.1) is 0 Å². The number of hydrogen-bond donors (Lipinski definition) is 2. The van der Waals surface area contributed by atoms with E-state index in [9.17, 15) is 0 Å². The fraction of sp³-hybridized carbons (Fsp3) is 0.750. The van der Waals surface area contributed by atoms with Gasteiger partial charge in [0, 0.05) is 6.04 Å². The van der Waals surface area contributed by atoms with E-state index in [1.807, 2.05) is 6.08 Å². The van der Waals surface area contributed by atoms with Gasteiger partial charge in [-0.3, -0.25) is 11.3 Å². The van der Waals surface area contributed by atoms with Gasteiger partial charge < -0.3 is 0 Å². The summed E-state index contributed by atoms with van der Waals surface area (Å²) in [4.78, 5) is 0. The van der Waals surface area contributed by atoms with Crippen LogP contribution >= 0.6 is 0 Å². The Balaban J connectivity index is 2.29. The van der Waals surface area contributed by atoms with Crippen molar-refractivity contribution >= 4 is 0 Å². The smallest absolute Gasteiger partial charge is 0.0418 e. The molecule has 1 saturated carbocycles. The molecule has 0 amide bonds. The van der Waals surface area contributed by atoms with Gasteiger partial charge in [-0.05, 0) is 18.3 Å². The third-order valence-electron chi connectivity index (χ3n) is 2.41. The molecule has 0 aromatic rings. The second kappa shape index (κ2) is 3.17. The summed E-state index contributed by atoms with van der Waals surface area (Å²) in [6.07, 6.45) is 4.49. The Bertz CT molecular complexity index is 122. The van der Waals surface area contributed by atoms with Crippen molar-refractivity contribution in [1.82, 2.24) is 5.43 Å². The molecule has 1 fully saturated rings. The van der Waals surface area contributed by atoms with Gasteiger partial charge in [-0.25, -0.2) is 0 Å². The topological polar surface area (TPSA) is 38.0 Å². The van der Waals surface area contributed by atoms with Crippen LogP contribution in [0.4, 0.5) is 0 Å². The minimum Gasteiger partial charge on any atom is -0.271 e. The molecule has 2 nitrogen and oxygen atoms in total. The van der Waals surface area contributed by atoms with Gasteiger partial charge >= 0.3 is 0 Å². The predicted octanol–water partition coefficient (Wildman–Crippen LogP) is 1.05. The fourth-order valence-electron chi connectivity index (χ4n) is 1.55. The molecule has 3 atom stereocenters. The summed E-state index contributed by atoms with van der Waals surface area (Å²) in [6, 6.07) is 0.338. The third kappa shape index (κ3) is 1.39. The summed E-state index contributed by atoms with van der Waals surface area (Å²) in [6.45, 7) is 5.94. The van der Waals surface area contributed by atoms with Gasteiger partial charge in [-0.2, -0.15) is 0 Å². The summed E-state index contributed by atoms with van der Waals surface area (Å²) >= 11 is 0. The van der Waals surface area contributed by atoms with Crippen LogP contribution in [0.15, 0.2) is 12.7 Å². The molecule has 0 bridgehead atoms. The maximum atomic E-state index is 5.32. The second-order valence-electron chi connectivity index (χ2n) is 3.00. The molecule has 0 radical (unpaired) electrons. The van der Waals surface area contributed by atoms with E-state index in [1.165, 1.54) is 12.8 Å². The van der Waals surface area contributed by atoms with Crippen molar-refractivity contribution in [3.05, 3.63) is 12.7 Å². The molecule has 0 heterocycles. The first-order chi connectivity index (χ1) is 4.83. The van der Waals surface area contributed by atoms with E-state index in [1.54, 1.807) is 0 Å². The normalized spacial score (nSPS) is 33.4. The largest absolute Gasteiger partial charge is 0.271 e. The summed E-state index contributed by atoms with van der Waals surface area (Å²) < 4.78 is 0. The number of hydrazine groups is 1. The minimum atomic E-state index is 0.338. The molecule has 3 N–H and O–H groups in total. The van der Waals surface area contributed by atoms with Crippen LogP contribution in [0.1, 0.15) is 19.8 Å². The summed E-state index contributed by atoms with van der Waals surface area (Å²) in [5, 5.41) is 0. The van der Waals surface area contributed by atoms with Gasteiger partial charge in [0.25, 0.3) is 0 Å². The molecule has 58 valence electrons. The highest BCUT2D eigenvalue weighted by Crippen LogP contribution is 2.43. The molecule has 0 aromatic carbocycles. The molecule has 1 aliphatic carbocycles. The third-order valence-corrected chi connectivity index (χ3v) is 2.41. The van der Waals surface area contributed by atoms with Gasteiger partial charge in [0.1, 0.15) is 0 Å². The average molecular weight is 140 g/mol. The van der Waals surface area contributed by atoms with E-state index < -0.39 is 0 Å². The molecule has 10 heavy (non-hydrogen) atoms. The Morgan fingerprint density at radius 2 is 2.60 bits per heavy atom. The maximum absolute atomic E-state index is 5.32. The standard InChI is InChI=1S/C8H16N2/c1-3-6-5-7(6)8(4-2)10-9/h4,6-8,10H,2-3,5,9H2,1H3/t6-,7-,8?/m1/s1. The first-order valence-electron chi connectivity index (χ1n) is 3.92. The van der Waals surface area contributed by atoms with E-state index in [-0.39, 0.29) is 0 Å². The maximum Gasteiger partial charge on any atom is 0.0418 e. The highest BCUT2D eigenvalue weighted by atomic mass is 15.2. The van der Waals surface area contributed by atoms with Crippen molar-refractivity contribution in [1.29, 1.82) is 0 Å². The molecular weight excluding hydrogens is 124 g/mol. The Hall–Kier alpha value is -0.340. The lowest BCUT2D eigenvalue weighted by molar-refractivity contribution is 0.521. The Morgan fingerprint density at radius 3 is 2.90 bits per heavy atom. The zero-order chi connectivity index (χ0) is 7.56. The Kier molecular flexibility index (Phi) is 2.46. The molecule has 1 aliphatic rings. The molecule has 1 unspecified atom stereocenters. The lowest BCUT2D eigenvalue weighted by Crippen LogP contribution is -2.35. The first-order valence-corrected chi connectivity index (χ1v) is 3.92. The molecule has 0 spiro atoms. The van der Waals surface area contributed by atoms with Crippen molar-refractivity contribution in [2.75, 3.05) is 0 Å². The zero-order valence-corrected chi connectivity index (χ0v) is 6.51. The van der Waals surface area contributed by atoms with Crippen molar-refractivity contribution in [2.45, 2.75) is 25.8 Å². The second-order valence-corrected chi connectivity index (χ2v) is 3.00. The van der Waals surface area contributed by atoms with Crippen LogP contribution in [-0.4, -0.2) is 6.04 Å². The highest BCUT2D eigenvalue weighted by Gasteiger charge is 2.39. The number of nitrogens with two attached hydrogens (primary N) is 1. The van der Waals surface area contributed by atoms with Crippen LogP contribution in [0.3, 0.4) is 0 Å². The number of hydrogen-bond acceptors (Lipinski definition) is 2. The molecule has 0 aromatic heterocycles. The van der Waals surface area contributed by atoms with Crippen molar-refractivity contribution < 1.29 is 0 Å². The van der Waals surface area contributed by atoms with E-state index in [2.05, 4.69) is 18.9 Å². The lowest BCUT2D eigenvalue weighted by atomic mass is 10.1. The van der Waals surface area contributed by atoms with E-state index in [0.717, 1.165) is 11.8 Å². The van der Waals surface area contributed by atoms with Crippen molar-refractivity contribution in [2.24, 2.45) is 17.7 Å². The monoisotopic (exact) mass is 140 g/mol. The van der Waals surface area contributed by atoms with Crippen molar-refractivity contribution in [3.63, 3.8) is 0 Å². The Morgan fingerprint density at radius 1 is 1.90 bits per heavy atom. The SMILES string of the molecule is C=CC(NN)[C@@H]1C[C@H]1CC. The molecule has 1 rings (SSSR count). The molecule has 2 heteroatoms. The number of nitrogens with one attached hydrogen (secondary N) is 1. The fourth-order valence-corrected chi connectivity index (χ4v) is 1.55. The average Bonchev–Trinajstić information content (AvgIpc) is 2.70. The van der Waals surface area contributed by atoms with Crippen LogP contribution in [0, 0.1) is 11.8 Å². The Labute approximate surface area is 62.5 Å². The van der Waals surface area contributed by atoms with Gasteiger partial charge in [0.2, 0.25) is 0 Å². The van der Waals surface area contributed by atoms with Gasteiger partial charge in [0.15, 0.2) is 0 Å². The predicted molar refractivity (Wildman–Crippen MR) is 43.2 cm³/mol. The molecule has 0 saturated heterocycles.